The van der Waals surface area contributed by atoms with Crippen LogP contribution in [0.4, 0.5) is 5.69 Å². The SMILES string of the molecule is CC(C)c1nc(SCC(=O)Nc2ccc(Br)cc2)n[nH]1. The number of anilines is 1. The minimum atomic E-state index is -0.0757. The molecular weight excluding hydrogens is 340 g/mol. The van der Waals surface area contributed by atoms with Crippen LogP contribution in [0.25, 0.3) is 0 Å². The zero-order chi connectivity index (χ0) is 14.5. The Labute approximate surface area is 130 Å². The first kappa shape index (κ1) is 15.1. The van der Waals surface area contributed by atoms with Crippen molar-refractivity contribution >= 4 is 39.3 Å². The molecule has 0 saturated heterocycles. The number of aromatic amines is 1. The molecule has 0 atom stereocenters. The maximum absolute atomic E-state index is 11.8. The first-order valence-electron chi connectivity index (χ1n) is 6.15. The third-order valence-corrected chi connectivity index (χ3v) is 3.87. The van der Waals surface area contributed by atoms with Gasteiger partial charge in [-0.1, -0.05) is 41.5 Å². The summed E-state index contributed by atoms with van der Waals surface area (Å²) in [6, 6.07) is 7.45. The number of halogens is 1. The van der Waals surface area contributed by atoms with E-state index in [2.05, 4.69) is 36.4 Å². The van der Waals surface area contributed by atoms with E-state index in [9.17, 15) is 4.79 Å². The number of benzene rings is 1. The van der Waals surface area contributed by atoms with Crippen molar-refractivity contribution in [1.29, 1.82) is 0 Å². The molecule has 2 N–H and O–H groups in total. The summed E-state index contributed by atoms with van der Waals surface area (Å²) in [6.07, 6.45) is 0. The molecule has 0 bridgehead atoms. The number of H-pyrrole nitrogens is 1. The van der Waals surface area contributed by atoms with Crippen LogP contribution >= 0.6 is 27.7 Å². The van der Waals surface area contributed by atoms with Crippen LogP contribution in [-0.4, -0.2) is 26.8 Å². The van der Waals surface area contributed by atoms with E-state index in [1.807, 2.05) is 38.1 Å². The Bertz CT molecular complexity index is 582. The van der Waals surface area contributed by atoms with Crippen LogP contribution in [0.5, 0.6) is 0 Å². The average molecular weight is 355 g/mol. The molecule has 5 nitrogen and oxygen atoms in total. The van der Waals surface area contributed by atoms with Gasteiger partial charge >= 0.3 is 0 Å². The van der Waals surface area contributed by atoms with Gasteiger partial charge in [0.25, 0.3) is 0 Å². The lowest BCUT2D eigenvalue weighted by Crippen LogP contribution is -2.13. The lowest BCUT2D eigenvalue weighted by Gasteiger charge is -2.03. The molecule has 0 saturated carbocycles. The highest BCUT2D eigenvalue weighted by molar-refractivity contribution is 9.10. The fourth-order valence-corrected chi connectivity index (χ4v) is 2.31. The highest BCUT2D eigenvalue weighted by Crippen LogP contribution is 2.17. The number of nitrogens with zero attached hydrogens (tertiary/aromatic N) is 2. The summed E-state index contributed by atoms with van der Waals surface area (Å²) < 4.78 is 0.979. The Morgan fingerprint density at radius 1 is 1.40 bits per heavy atom. The predicted molar refractivity (Wildman–Crippen MR) is 84.0 cm³/mol. The van der Waals surface area contributed by atoms with E-state index in [0.29, 0.717) is 11.1 Å². The number of thioether (sulfide) groups is 1. The topological polar surface area (TPSA) is 70.7 Å². The van der Waals surface area contributed by atoms with Crippen molar-refractivity contribution in [2.24, 2.45) is 0 Å². The lowest BCUT2D eigenvalue weighted by molar-refractivity contribution is -0.113. The van der Waals surface area contributed by atoms with Gasteiger partial charge in [0.05, 0.1) is 5.75 Å². The molecule has 0 spiro atoms. The Morgan fingerprint density at radius 3 is 2.70 bits per heavy atom. The smallest absolute Gasteiger partial charge is 0.234 e. The van der Waals surface area contributed by atoms with E-state index in [4.69, 9.17) is 0 Å². The molecule has 1 aromatic heterocycles. The quantitative estimate of drug-likeness (QED) is 0.807. The summed E-state index contributed by atoms with van der Waals surface area (Å²) in [7, 11) is 0. The lowest BCUT2D eigenvalue weighted by atomic mass is 10.2. The zero-order valence-corrected chi connectivity index (χ0v) is 13.6. The molecule has 106 valence electrons. The number of hydrogen-bond acceptors (Lipinski definition) is 4. The number of carbonyl (C=O) groups is 1. The Hall–Kier alpha value is -1.34. The molecule has 1 amide bonds. The molecular formula is C13H15BrN4OS. The fourth-order valence-electron chi connectivity index (χ4n) is 1.44. The van der Waals surface area contributed by atoms with Gasteiger partial charge in [-0.15, -0.1) is 5.10 Å². The Kier molecular flexibility index (Phi) is 5.19. The van der Waals surface area contributed by atoms with Gasteiger partial charge in [-0.2, -0.15) is 0 Å². The third kappa shape index (κ3) is 4.35. The van der Waals surface area contributed by atoms with Gasteiger partial charge < -0.3 is 5.32 Å². The molecule has 0 fully saturated rings. The normalized spacial score (nSPS) is 10.8. The third-order valence-electron chi connectivity index (χ3n) is 2.49. The van der Waals surface area contributed by atoms with Crippen LogP contribution in [0.3, 0.4) is 0 Å². The molecule has 0 aliphatic carbocycles. The monoisotopic (exact) mass is 354 g/mol. The van der Waals surface area contributed by atoms with Crippen molar-refractivity contribution in [2.75, 3.05) is 11.1 Å². The highest BCUT2D eigenvalue weighted by Gasteiger charge is 2.09. The number of hydrogen-bond donors (Lipinski definition) is 2. The van der Waals surface area contributed by atoms with E-state index in [1.165, 1.54) is 11.8 Å². The van der Waals surface area contributed by atoms with Gasteiger partial charge in [0, 0.05) is 16.1 Å². The van der Waals surface area contributed by atoms with Gasteiger partial charge in [0.15, 0.2) is 0 Å². The molecule has 20 heavy (non-hydrogen) atoms. The molecule has 0 unspecified atom stereocenters. The minimum absolute atomic E-state index is 0.0757. The second-order valence-corrected chi connectivity index (χ2v) is 6.36. The summed E-state index contributed by atoms with van der Waals surface area (Å²) in [4.78, 5) is 16.1. The molecule has 1 aromatic carbocycles. The number of nitrogens with one attached hydrogen (secondary N) is 2. The van der Waals surface area contributed by atoms with Gasteiger partial charge in [-0.05, 0) is 24.3 Å². The summed E-state index contributed by atoms with van der Waals surface area (Å²) >= 11 is 4.66. The van der Waals surface area contributed by atoms with E-state index in [1.54, 1.807) is 0 Å². The van der Waals surface area contributed by atoms with Crippen molar-refractivity contribution in [1.82, 2.24) is 15.2 Å². The van der Waals surface area contributed by atoms with Crippen LogP contribution < -0.4 is 5.32 Å². The second kappa shape index (κ2) is 6.90. The molecule has 0 radical (unpaired) electrons. The zero-order valence-electron chi connectivity index (χ0n) is 11.2. The fraction of sp³-hybridized carbons (Fsp3) is 0.308. The number of amides is 1. The van der Waals surface area contributed by atoms with Crippen LogP contribution in [0.15, 0.2) is 33.9 Å². The molecule has 0 aliphatic heterocycles. The van der Waals surface area contributed by atoms with Gasteiger partial charge in [-0.3, -0.25) is 9.89 Å². The number of aromatic nitrogens is 3. The van der Waals surface area contributed by atoms with E-state index < -0.39 is 0 Å². The first-order chi connectivity index (χ1) is 9.54. The Balaban J connectivity index is 1.84. The number of carbonyl (C=O) groups excluding carboxylic acids is 1. The van der Waals surface area contributed by atoms with Crippen molar-refractivity contribution in [3.8, 4) is 0 Å². The predicted octanol–water partition coefficient (Wildman–Crippen LogP) is 3.42. The molecule has 2 rings (SSSR count). The van der Waals surface area contributed by atoms with E-state index in [-0.39, 0.29) is 11.7 Å². The van der Waals surface area contributed by atoms with Gasteiger partial charge in [0.1, 0.15) is 5.82 Å². The van der Waals surface area contributed by atoms with Crippen molar-refractivity contribution in [3.05, 3.63) is 34.6 Å². The molecule has 1 heterocycles. The summed E-state index contributed by atoms with van der Waals surface area (Å²) in [5.74, 6) is 1.34. The van der Waals surface area contributed by atoms with Crippen LogP contribution in [0, 0.1) is 0 Å². The second-order valence-electron chi connectivity index (χ2n) is 4.50. The largest absolute Gasteiger partial charge is 0.325 e. The van der Waals surface area contributed by atoms with Crippen molar-refractivity contribution in [2.45, 2.75) is 24.9 Å². The van der Waals surface area contributed by atoms with Crippen LogP contribution in [0.1, 0.15) is 25.6 Å². The van der Waals surface area contributed by atoms with Crippen molar-refractivity contribution < 1.29 is 4.79 Å². The molecule has 7 heteroatoms. The van der Waals surface area contributed by atoms with Crippen molar-refractivity contribution in [3.63, 3.8) is 0 Å². The maximum Gasteiger partial charge on any atom is 0.234 e. The van der Waals surface area contributed by atoms with Crippen LogP contribution in [0.2, 0.25) is 0 Å². The van der Waals surface area contributed by atoms with E-state index >= 15 is 0 Å². The minimum Gasteiger partial charge on any atom is -0.325 e. The molecule has 0 aliphatic rings. The highest BCUT2D eigenvalue weighted by atomic mass is 79.9. The maximum atomic E-state index is 11.8. The standard InChI is InChI=1S/C13H15BrN4OS/c1-8(2)12-16-13(18-17-12)20-7-11(19)15-10-5-3-9(14)4-6-10/h3-6,8H,7H2,1-2H3,(H,15,19)(H,16,17,18). The van der Waals surface area contributed by atoms with Gasteiger partial charge in [-0.25, -0.2) is 4.98 Å². The average Bonchev–Trinajstić information content (AvgIpc) is 2.88. The van der Waals surface area contributed by atoms with E-state index in [0.717, 1.165) is 16.0 Å². The van der Waals surface area contributed by atoms with Gasteiger partial charge in [0.2, 0.25) is 11.1 Å². The molecule has 2 aromatic rings. The summed E-state index contributed by atoms with van der Waals surface area (Å²) in [5, 5.41) is 10.4. The Morgan fingerprint density at radius 2 is 2.10 bits per heavy atom. The summed E-state index contributed by atoms with van der Waals surface area (Å²) in [5.41, 5.74) is 0.775. The number of rotatable bonds is 5. The van der Waals surface area contributed by atoms with Crippen LogP contribution in [-0.2, 0) is 4.79 Å². The summed E-state index contributed by atoms with van der Waals surface area (Å²) in [6.45, 7) is 4.07. The first-order valence-corrected chi connectivity index (χ1v) is 7.93.